The lowest BCUT2D eigenvalue weighted by Crippen LogP contribution is -2.37. The van der Waals surface area contributed by atoms with Crippen molar-refractivity contribution >= 4 is 23.8 Å². The summed E-state index contributed by atoms with van der Waals surface area (Å²) in [5, 5.41) is 0.883. The molecular weight excluding hydrogens is 235 g/mol. The van der Waals surface area contributed by atoms with Crippen molar-refractivity contribution in [1.29, 1.82) is 0 Å². The van der Waals surface area contributed by atoms with Crippen molar-refractivity contribution in [1.82, 2.24) is 0 Å². The second kappa shape index (κ2) is 4.71. The lowest BCUT2D eigenvalue weighted by Gasteiger charge is -2.30. The Hall–Kier alpha value is -0.990. The molecule has 0 saturated carbocycles. The van der Waals surface area contributed by atoms with Gasteiger partial charge in [-0.05, 0) is 31.5 Å². The molecule has 1 aliphatic heterocycles. The highest BCUT2D eigenvalue weighted by atomic mass is 31.2. The first-order valence-electron chi connectivity index (χ1n) is 5.76. The summed E-state index contributed by atoms with van der Waals surface area (Å²) in [5.41, 5.74) is 7.71. The molecule has 17 heavy (non-hydrogen) atoms. The zero-order valence-corrected chi connectivity index (χ0v) is 11.2. The quantitative estimate of drug-likeness (QED) is 0.639. The summed E-state index contributed by atoms with van der Waals surface area (Å²) in [4.78, 5) is 2.19. The number of anilines is 2. The third kappa shape index (κ3) is 2.82. The predicted octanol–water partition coefficient (Wildman–Crippen LogP) is 1.35. The number of hydrogen-bond acceptors (Lipinski definition) is 4. The van der Waals surface area contributed by atoms with E-state index in [9.17, 15) is 4.57 Å². The summed E-state index contributed by atoms with van der Waals surface area (Å²) in [6.07, 6.45) is 0. The Morgan fingerprint density at radius 1 is 1.29 bits per heavy atom. The lowest BCUT2D eigenvalue weighted by atomic mass is 10.2. The second-order valence-electron chi connectivity index (χ2n) is 4.69. The van der Waals surface area contributed by atoms with Gasteiger partial charge in [0.05, 0.1) is 24.6 Å². The first-order valence-corrected chi connectivity index (χ1v) is 8.36. The van der Waals surface area contributed by atoms with Gasteiger partial charge in [0.15, 0.2) is 0 Å². The van der Waals surface area contributed by atoms with Crippen molar-refractivity contribution in [3.63, 3.8) is 0 Å². The molecule has 0 atom stereocenters. The fourth-order valence-corrected chi connectivity index (χ4v) is 2.81. The molecule has 0 unspecified atom stereocenters. The summed E-state index contributed by atoms with van der Waals surface area (Å²) >= 11 is 0. The molecule has 2 N–H and O–H groups in total. The SMILES string of the molecule is CP(C)(=O)c1ccc(N)c(N2CCOCC2)c1. The van der Waals surface area contributed by atoms with Crippen LogP contribution in [0.3, 0.4) is 0 Å². The molecule has 1 heterocycles. The number of nitrogens with two attached hydrogens (primary N) is 1. The Kier molecular flexibility index (Phi) is 3.45. The molecule has 1 saturated heterocycles. The smallest absolute Gasteiger partial charge is 0.109 e. The Morgan fingerprint density at radius 2 is 1.94 bits per heavy atom. The van der Waals surface area contributed by atoms with Crippen molar-refractivity contribution in [2.75, 3.05) is 50.3 Å². The minimum absolute atomic E-state index is 0.722. The van der Waals surface area contributed by atoms with Gasteiger partial charge < -0.3 is 19.9 Å². The van der Waals surface area contributed by atoms with E-state index in [1.165, 1.54) is 0 Å². The topological polar surface area (TPSA) is 55.6 Å². The normalized spacial score (nSPS) is 17.2. The molecule has 1 aromatic rings. The van der Waals surface area contributed by atoms with E-state index in [0.717, 1.165) is 43.0 Å². The van der Waals surface area contributed by atoms with Gasteiger partial charge in [-0.3, -0.25) is 0 Å². The third-order valence-electron chi connectivity index (χ3n) is 2.99. The van der Waals surface area contributed by atoms with E-state index in [-0.39, 0.29) is 0 Å². The Labute approximate surface area is 102 Å². The first kappa shape index (κ1) is 12.5. The maximum Gasteiger partial charge on any atom is 0.109 e. The van der Waals surface area contributed by atoms with Crippen LogP contribution in [0, 0.1) is 0 Å². The average Bonchev–Trinajstić information content (AvgIpc) is 2.29. The van der Waals surface area contributed by atoms with E-state index in [0.29, 0.717) is 0 Å². The van der Waals surface area contributed by atoms with E-state index in [1.807, 2.05) is 18.2 Å². The maximum atomic E-state index is 12.1. The number of benzene rings is 1. The minimum Gasteiger partial charge on any atom is -0.397 e. The zero-order valence-electron chi connectivity index (χ0n) is 10.3. The van der Waals surface area contributed by atoms with E-state index >= 15 is 0 Å². The molecule has 0 amide bonds. The molecule has 1 aromatic carbocycles. The molecule has 0 bridgehead atoms. The maximum absolute atomic E-state index is 12.1. The summed E-state index contributed by atoms with van der Waals surface area (Å²) in [6, 6.07) is 5.67. The van der Waals surface area contributed by atoms with Crippen molar-refractivity contribution in [3.8, 4) is 0 Å². The monoisotopic (exact) mass is 254 g/mol. The largest absolute Gasteiger partial charge is 0.397 e. The Bertz CT molecular complexity index is 450. The standard InChI is InChI=1S/C12H19N2O2P/c1-17(2,15)10-3-4-11(13)12(9-10)14-5-7-16-8-6-14/h3-4,9H,5-8,13H2,1-2H3. The Morgan fingerprint density at radius 3 is 2.53 bits per heavy atom. The van der Waals surface area contributed by atoms with Gasteiger partial charge in [-0.2, -0.15) is 0 Å². The highest BCUT2D eigenvalue weighted by molar-refractivity contribution is 7.70. The highest BCUT2D eigenvalue weighted by Crippen LogP contribution is 2.37. The zero-order chi connectivity index (χ0) is 12.5. The van der Waals surface area contributed by atoms with Gasteiger partial charge in [-0.15, -0.1) is 0 Å². The van der Waals surface area contributed by atoms with Crippen LogP contribution >= 0.6 is 7.14 Å². The molecule has 2 rings (SSSR count). The number of nitrogens with zero attached hydrogens (tertiary/aromatic N) is 1. The molecule has 0 aromatic heterocycles. The molecule has 0 spiro atoms. The predicted molar refractivity (Wildman–Crippen MR) is 73.0 cm³/mol. The molecular formula is C12H19N2O2P. The number of hydrogen-bond donors (Lipinski definition) is 1. The third-order valence-corrected chi connectivity index (χ3v) is 4.51. The van der Waals surface area contributed by atoms with Crippen molar-refractivity contribution in [3.05, 3.63) is 18.2 Å². The van der Waals surface area contributed by atoms with Gasteiger partial charge in [0.1, 0.15) is 7.14 Å². The van der Waals surface area contributed by atoms with Crippen molar-refractivity contribution in [2.24, 2.45) is 0 Å². The molecule has 1 aliphatic rings. The number of morpholine rings is 1. The van der Waals surface area contributed by atoms with E-state index in [4.69, 9.17) is 10.5 Å². The van der Waals surface area contributed by atoms with Crippen LogP contribution in [0.15, 0.2) is 18.2 Å². The van der Waals surface area contributed by atoms with Crippen LogP contribution in [-0.2, 0) is 9.30 Å². The van der Waals surface area contributed by atoms with Crippen LogP contribution in [0.5, 0.6) is 0 Å². The van der Waals surface area contributed by atoms with Gasteiger partial charge in [0.2, 0.25) is 0 Å². The van der Waals surface area contributed by atoms with E-state index in [1.54, 1.807) is 13.3 Å². The number of ether oxygens (including phenoxy) is 1. The van der Waals surface area contributed by atoms with Crippen LogP contribution in [0.1, 0.15) is 0 Å². The minimum atomic E-state index is -2.23. The summed E-state index contributed by atoms with van der Waals surface area (Å²) < 4.78 is 17.4. The number of nitrogen functional groups attached to an aromatic ring is 1. The lowest BCUT2D eigenvalue weighted by molar-refractivity contribution is 0.123. The van der Waals surface area contributed by atoms with Gasteiger partial charge in [0, 0.05) is 18.4 Å². The van der Waals surface area contributed by atoms with Crippen LogP contribution < -0.4 is 15.9 Å². The first-order chi connectivity index (χ1) is 7.98. The van der Waals surface area contributed by atoms with Gasteiger partial charge in [0.25, 0.3) is 0 Å². The summed E-state index contributed by atoms with van der Waals surface area (Å²) in [7, 11) is -2.23. The highest BCUT2D eigenvalue weighted by Gasteiger charge is 2.17. The second-order valence-corrected chi connectivity index (χ2v) is 7.91. The molecule has 0 aliphatic carbocycles. The summed E-state index contributed by atoms with van der Waals surface area (Å²) in [5.74, 6) is 0. The fourth-order valence-electron chi connectivity index (χ4n) is 1.95. The van der Waals surface area contributed by atoms with Crippen LogP contribution in [0.25, 0.3) is 0 Å². The van der Waals surface area contributed by atoms with Crippen molar-refractivity contribution in [2.45, 2.75) is 0 Å². The van der Waals surface area contributed by atoms with Crippen LogP contribution in [0.2, 0.25) is 0 Å². The molecule has 4 nitrogen and oxygen atoms in total. The van der Waals surface area contributed by atoms with Crippen LogP contribution in [-0.4, -0.2) is 39.6 Å². The number of rotatable bonds is 2. The molecule has 94 valence electrons. The fraction of sp³-hybridized carbons (Fsp3) is 0.500. The molecule has 0 radical (unpaired) electrons. The summed E-state index contributed by atoms with van der Waals surface area (Å²) in [6.45, 7) is 6.68. The average molecular weight is 254 g/mol. The van der Waals surface area contributed by atoms with E-state index in [2.05, 4.69) is 4.90 Å². The van der Waals surface area contributed by atoms with Gasteiger partial charge in [-0.1, -0.05) is 0 Å². The van der Waals surface area contributed by atoms with Gasteiger partial charge in [-0.25, -0.2) is 0 Å². The van der Waals surface area contributed by atoms with Crippen molar-refractivity contribution < 1.29 is 9.30 Å². The molecule has 5 heteroatoms. The molecule has 1 fully saturated rings. The van der Waals surface area contributed by atoms with Crippen LogP contribution in [0.4, 0.5) is 11.4 Å². The Balaban J connectivity index is 2.35. The van der Waals surface area contributed by atoms with Gasteiger partial charge >= 0.3 is 0 Å². The van der Waals surface area contributed by atoms with E-state index < -0.39 is 7.14 Å².